The molecule has 4 nitrogen and oxygen atoms in total. The van der Waals surface area contributed by atoms with E-state index in [0.717, 1.165) is 6.07 Å². The van der Waals surface area contributed by atoms with Gasteiger partial charge in [-0.25, -0.2) is 17.2 Å². The first-order valence-electron chi connectivity index (χ1n) is 6.94. The Bertz CT molecular complexity index is 607. The van der Waals surface area contributed by atoms with E-state index in [9.17, 15) is 17.2 Å². The van der Waals surface area contributed by atoms with Crippen LogP contribution < -0.4 is 5.73 Å². The van der Waals surface area contributed by atoms with Crippen LogP contribution >= 0.6 is 0 Å². The lowest BCUT2D eigenvalue weighted by atomic mass is 10.0. The molecule has 0 amide bonds. The molecular weight excluding hydrogens is 298 g/mol. The third kappa shape index (κ3) is 3.99. The summed E-state index contributed by atoms with van der Waals surface area (Å²) in [5.41, 5.74) is 6.09. The van der Waals surface area contributed by atoms with Crippen LogP contribution in [-0.2, 0) is 9.84 Å². The Balaban J connectivity index is 1.95. The van der Waals surface area contributed by atoms with Crippen molar-refractivity contribution in [2.45, 2.75) is 25.4 Å². The van der Waals surface area contributed by atoms with Crippen molar-refractivity contribution < 1.29 is 17.2 Å². The molecule has 2 rings (SSSR count). The lowest BCUT2D eigenvalue weighted by molar-refractivity contribution is 0.218. The van der Waals surface area contributed by atoms with Gasteiger partial charge in [0.15, 0.2) is 21.5 Å². The molecule has 2 atom stereocenters. The number of hydrogen-bond donors (Lipinski definition) is 1. The molecule has 21 heavy (non-hydrogen) atoms. The highest BCUT2D eigenvalue weighted by Gasteiger charge is 2.28. The second-order valence-corrected chi connectivity index (χ2v) is 7.77. The first-order valence-corrected chi connectivity index (χ1v) is 8.76. The Labute approximate surface area is 123 Å². The van der Waals surface area contributed by atoms with Crippen LogP contribution in [0.2, 0.25) is 0 Å². The molecule has 1 saturated heterocycles. The average molecular weight is 318 g/mol. The SMILES string of the molecule is CC1CS(=O)(=O)CCN1CCC(N)c1cccc(F)c1F. The van der Waals surface area contributed by atoms with Crippen LogP contribution in [-0.4, -0.2) is 44.0 Å². The summed E-state index contributed by atoms with van der Waals surface area (Å²) < 4.78 is 49.8. The minimum Gasteiger partial charge on any atom is -0.324 e. The Morgan fingerprint density at radius 3 is 2.81 bits per heavy atom. The third-order valence-electron chi connectivity index (χ3n) is 3.92. The van der Waals surface area contributed by atoms with Gasteiger partial charge in [-0.15, -0.1) is 0 Å². The normalized spacial score (nSPS) is 23.9. The van der Waals surface area contributed by atoms with Gasteiger partial charge in [0.2, 0.25) is 0 Å². The summed E-state index contributed by atoms with van der Waals surface area (Å²) in [6.07, 6.45) is 0.449. The Morgan fingerprint density at radius 1 is 1.43 bits per heavy atom. The molecule has 0 aliphatic carbocycles. The van der Waals surface area contributed by atoms with Gasteiger partial charge in [0.05, 0.1) is 11.5 Å². The van der Waals surface area contributed by atoms with E-state index >= 15 is 0 Å². The van der Waals surface area contributed by atoms with Crippen molar-refractivity contribution in [3.05, 3.63) is 35.4 Å². The van der Waals surface area contributed by atoms with E-state index in [1.165, 1.54) is 12.1 Å². The summed E-state index contributed by atoms with van der Waals surface area (Å²) in [4.78, 5) is 2.03. The number of nitrogens with two attached hydrogens (primary N) is 1. The van der Waals surface area contributed by atoms with Crippen molar-refractivity contribution in [3.8, 4) is 0 Å². The molecule has 0 bridgehead atoms. The summed E-state index contributed by atoms with van der Waals surface area (Å²) in [6.45, 7) is 2.88. The van der Waals surface area contributed by atoms with Gasteiger partial charge in [0, 0.05) is 30.7 Å². The fourth-order valence-corrected chi connectivity index (χ4v) is 4.26. The molecule has 0 spiro atoms. The minimum absolute atomic E-state index is 0.0756. The van der Waals surface area contributed by atoms with E-state index in [4.69, 9.17) is 5.73 Å². The lowest BCUT2D eigenvalue weighted by Gasteiger charge is -2.33. The molecule has 1 aromatic carbocycles. The Morgan fingerprint density at radius 2 is 2.14 bits per heavy atom. The molecule has 1 aliphatic rings. The standard InChI is InChI=1S/C14H20F2N2O2S/c1-10-9-21(19,20)8-7-18(10)6-5-13(17)11-3-2-4-12(15)14(11)16/h2-4,10,13H,5-9,17H2,1H3. The molecule has 1 heterocycles. The molecule has 1 aromatic rings. The fourth-order valence-electron chi connectivity index (χ4n) is 2.63. The zero-order chi connectivity index (χ0) is 15.6. The van der Waals surface area contributed by atoms with E-state index in [1.807, 2.05) is 11.8 Å². The topological polar surface area (TPSA) is 63.4 Å². The smallest absolute Gasteiger partial charge is 0.163 e. The van der Waals surface area contributed by atoms with E-state index < -0.39 is 27.5 Å². The van der Waals surface area contributed by atoms with Gasteiger partial charge < -0.3 is 5.73 Å². The largest absolute Gasteiger partial charge is 0.324 e. The maximum atomic E-state index is 13.6. The average Bonchev–Trinajstić information content (AvgIpc) is 2.40. The van der Waals surface area contributed by atoms with Gasteiger partial charge in [-0.3, -0.25) is 4.90 Å². The van der Waals surface area contributed by atoms with Crippen molar-refractivity contribution in [1.82, 2.24) is 4.90 Å². The van der Waals surface area contributed by atoms with E-state index in [-0.39, 0.29) is 23.1 Å². The number of rotatable bonds is 4. The molecule has 0 saturated carbocycles. The molecule has 2 unspecified atom stereocenters. The molecule has 0 aromatic heterocycles. The Kier molecular flexibility index (Phi) is 4.95. The van der Waals surface area contributed by atoms with E-state index in [1.54, 1.807) is 0 Å². The fraction of sp³-hybridized carbons (Fsp3) is 0.571. The molecule has 0 radical (unpaired) electrons. The molecule has 7 heteroatoms. The second-order valence-electron chi connectivity index (χ2n) is 5.54. The summed E-state index contributed by atoms with van der Waals surface area (Å²) in [7, 11) is -2.95. The highest BCUT2D eigenvalue weighted by molar-refractivity contribution is 7.91. The van der Waals surface area contributed by atoms with Gasteiger partial charge in [0.1, 0.15) is 0 Å². The van der Waals surface area contributed by atoms with Crippen LogP contribution in [0, 0.1) is 11.6 Å². The highest BCUT2D eigenvalue weighted by Crippen LogP contribution is 2.21. The van der Waals surface area contributed by atoms with Gasteiger partial charge in [-0.2, -0.15) is 0 Å². The molecule has 1 aliphatic heterocycles. The van der Waals surface area contributed by atoms with Gasteiger partial charge in [0.25, 0.3) is 0 Å². The zero-order valence-electron chi connectivity index (χ0n) is 11.9. The number of halogens is 2. The third-order valence-corrected chi connectivity index (χ3v) is 5.71. The molecule has 118 valence electrons. The van der Waals surface area contributed by atoms with Crippen molar-refractivity contribution in [2.75, 3.05) is 24.6 Å². The molecule has 2 N–H and O–H groups in total. The predicted octanol–water partition coefficient (Wildman–Crippen LogP) is 1.47. The summed E-state index contributed by atoms with van der Waals surface area (Å²) >= 11 is 0. The van der Waals surface area contributed by atoms with Crippen LogP contribution in [0.1, 0.15) is 24.9 Å². The van der Waals surface area contributed by atoms with Crippen molar-refractivity contribution in [3.63, 3.8) is 0 Å². The van der Waals surface area contributed by atoms with Crippen molar-refractivity contribution in [2.24, 2.45) is 5.73 Å². The van der Waals surface area contributed by atoms with Crippen LogP contribution in [0.5, 0.6) is 0 Å². The van der Waals surface area contributed by atoms with Crippen LogP contribution in [0.3, 0.4) is 0 Å². The van der Waals surface area contributed by atoms with Gasteiger partial charge in [-0.05, 0) is 19.4 Å². The van der Waals surface area contributed by atoms with Crippen LogP contribution in [0.15, 0.2) is 18.2 Å². The number of nitrogens with zero attached hydrogens (tertiary/aromatic N) is 1. The number of benzene rings is 1. The van der Waals surface area contributed by atoms with Gasteiger partial charge >= 0.3 is 0 Å². The first kappa shape index (κ1) is 16.3. The summed E-state index contributed by atoms with van der Waals surface area (Å²) in [5, 5.41) is 0. The number of hydrogen-bond acceptors (Lipinski definition) is 4. The zero-order valence-corrected chi connectivity index (χ0v) is 12.7. The minimum atomic E-state index is -2.95. The number of sulfone groups is 1. The summed E-state index contributed by atoms with van der Waals surface area (Å²) in [5.74, 6) is -1.53. The summed E-state index contributed by atoms with van der Waals surface area (Å²) in [6, 6.07) is 3.29. The molecule has 1 fully saturated rings. The van der Waals surface area contributed by atoms with Crippen molar-refractivity contribution >= 4 is 9.84 Å². The van der Waals surface area contributed by atoms with Crippen molar-refractivity contribution in [1.29, 1.82) is 0 Å². The first-order chi connectivity index (χ1) is 9.80. The predicted molar refractivity (Wildman–Crippen MR) is 77.6 cm³/mol. The maximum Gasteiger partial charge on any atom is 0.163 e. The monoisotopic (exact) mass is 318 g/mol. The highest BCUT2D eigenvalue weighted by atomic mass is 32.2. The van der Waals surface area contributed by atoms with E-state index in [0.29, 0.717) is 19.5 Å². The second kappa shape index (κ2) is 6.37. The van der Waals surface area contributed by atoms with Gasteiger partial charge in [-0.1, -0.05) is 12.1 Å². The van der Waals surface area contributed by atoms with E-state index in [2.05, 4.69) is 0 Å². The Hall–Kier alpha value is -1.05. The quantitative estimate of drug-likeness (QED) is 0.913. The van der Waals surface area contributed by atoms with Crippen LogP contribution in [0.25, 0.3) is 0 Å². The lowest BCUT2D eigenvalue weighted by Crippen LogP contribution is -2.47. The maximum absolute atomic E-state index is 13.6. The molecular formula is C14H20F2N2O2S. The van der Waals surface area contributed by atoms with Crippen LogP contribution in [0.4, 0.5) is 8.78 Å².